The van der Waals surface area contributed by atoms with Crippen LogP contribution in [0, 0.1) is 5.41 Å². The van der Waals surface area contributed by atoms with Crippen LogP contribution in [0.15, 0.2) is 35.2 Å². The highest BCUT2D eigenvalue weighted by Crippen LogP contribution is 2.61. The zero-order valence-corrected chi connectivity index (χ0v) is 13.1. The molecule has 0 heterocycles. The Bertz CT molecular complexity index is 374. The third kappa shape index (κ3) is 3.35. The van der Waals surface area contributed by atoms with Crippen molar-refractivity contribution in [3.05, 3.63) is 30.3 Å². The molecule has 0 unspecified atom stereocenters. The third-order valence-corrected chi connectivity index (χ3v) is 5.80. The number of hydrogen-bond donors (Lipinski definition) is 1. The largest absolute Gasteiger partial charge is 0.329 e. The molecule has 1 aliphatic carbocycles. The minimum atomic E-state index is 0.297. The fraction of sp³-hybridized carbons (Fsp3) is 0.647. The van der Waals surface area contributed by atoms with E-state index in [2.05, 4.69) is 44.2 Å². The summed E-state index contributed by atoms with van der Waals surface area (Å²) in [5, 5.41) is 0. The topological polar surface area (TPSA) is 26.0 Å². The number of thioether (sulfide) groups is 1. The van der Waals surface area contributed by atoms with Gasteiger partial charge < -0.3 is 5.73 Å². The quantitative estimate of drug-likeness (QED) is 0.770. The van der Waals surface area contributed by atoms with Crippen molar-refractivity contribution in [2.24, 2.45) is 11.1 Å². The van der Waals surface area contributed by atoms with Gasteiger partial charge in [0, 0.05) is 16.2 Å². The average molecular weight is 277 g/mol. The van der Waals surface area contributed by atoms with Crippen molar-refractivity contribution in [2.45, 2.75) is 62.0 Å². The molecule has 1 fully saturated rings. The first-order valence-corrected chi connectivity index (χ1v) is 8.43. The summed E-state index contributed by atoms with van der Waals surface area (Å²) in [6.45, 7) is 5.43. The van der Waals surface area contributed by atoms with E-state index in [0.717, 1.165) is 6.54 Å². The normalized spacial score (nSPS) is 19.9. The number of hydrogen-bond acceptors (Lipinski definition) is 2. The van der Waals surface area contributed by atoms with Gasteiger partial charge in [-0.05, 0) is 43.2 Å². The highest BCUT2D eigenvalue weighted by molar-refractivity contribution is 8.00. The lowest BCUT2D eigenvalue weighted by atomic mass is 9.57. The molecular weight excluding hydrogens is 250 g/mol. The van der Waals surface area contributed by atoms with Crippen LogP contribution >= 0.6 is 11.8 Å². The highest BCUT2D eigenvalue weighted by Gasteiger charge is 2.52. The summed E-state index contributed by atoms with van der Waals surface area (Å²) in [7, 11) is 0. The molecule has 0 aliphatic heterocycles. The lowest BCUT2D eigenvalue weighted by Crippen LogP contribution is -2.53. The monoisotopic (exact) mass is 277 g/mol. The molecule has 0 atom stereocenters. The smallest absolute Gasteiger partial charge is 0.0339 e. The van der Waals surface area contributed by atoms with Crippen LogP contribution in [0.25, 0.3) is 0 Å². The van der Waals surface area contributed by atoms with Crippen molar-refractivity contribution < 1.29 is 0 Å². The van der Waals surface area contributed by atoms with Crippen LogP contribution in [0.1, 0.15) is 52.4 Å². The minimum Gasteiger partial charge on any atom is -0.329 e. The number of benzene rings is 1. The molecule has 0 spiro atoms. The van der Waals surface area contributed by atoms with Gasteiger partial charge in [-0.3, -0.25) is 0 Å². The summed E-state index contributed by atoms with van der Waals surface area (Å²) in [6, 6.07) is 10.7. The average Bonchev–Trinajstić information content (AvgIpc) is 2.38. The highest BCUT2D eigenvalue weighted by atomic mass is 32.2. The first-order chi connectivity index (χ1) is 9.17. The zero-order valence-electron chi connectivity index (χ0n) is 12.3. The second-order valence-electron chi connectivity index (χ2n) is 6.16. The van der Waals surface area contributed by atoms with Gasteiger partial charge in [0.1, 0.15) is 0 Å². The molecule has 1 nitrogen and oxygen atoms in total. The Morgan fingerprint density at radius 3 is 2.11 bits per heavy atom. The molecule has 2 N–H and O–H groups in total. The minimum absolute atomic E-state index is 0.297. The van der Waals surface area contributed by atoms with Crippen molar-refractivity contribution in [2.75, 3.05) is 6.54 Å². The van der Waals surface area contributed by atoms with E-state index in [-0.39, 0.29) is 0 Å². The SMILES string of the molecule is CCCC1(CCC)CC(CN)(Sc2ccccc2)C1. The van der Waals surface area contributed by atoms with E-state index in [9.17, 15) is 0 Å². The van der Waals surface area contributed by atoms with E-state index in [1.54, 1.807) is 0 Å². The Morgan fingerprint density at radius 2 is 1.63 bits per heavy atom. The molecule has 1 aromatic carbocycles. The Hall–Kier alpha value is -0.470. The lowest BCUT2D eigenvalue weighted by molar-refractivity contribution is 0.0614. The van der Waals surface area contributed by atoms with Gasteiger partial charge in [-0.15, -0.1) is 11.8 Å². The first-order valence-electron chi connectivity index (χ1n) is 7.62. The predicted molar refractivity (Wildman–Crippen MR) is 85.6 cm³/mol. The molecule has 106 valence electrons. The van der Waals surface area contributed by atoms with E-state index in [1.165, 1.54) is 43.4 Å². The summed E-state index contributed by atoms with van der Waals surface area (Å²) in [4.78, 5) is 1.37. The van der Waals surface area contributed by atoms with Gasteiger partial charge in [-0.25, -0.2) is 0 Å². The van der Waals surface area contributed by atoms with E-state index in [0.29, 0.717) is 10.2 Å². The first kappa shape index (κ1) is 14.9. The van der Waals surface area contributed by atoms with E-state index in [4.69, 9.17) is 5.73 Å². The zero-order chi connectivity index (χ0) is 13.8. The Morgan fingerprint density at radius 1 is 1.05 bits per heavy atom. The molecule has 0 amide bonds. The molecule has 0 radical (unpaired) electrons. The maximum Gasteiger partial charge on any atom is 0.0339 e. The lowest BCUT2D eigenvalue weighted by Gasteiger charge is -2.56. The Balaban J connectivity index is 2.03. The van der Waals surface area contributed by atoms with Gasteiger partial charge in [0.05, 0.1) is 0 Å². The van der Waals surface area contributed by atoms with E-state index >= 15 is 0 Å². The van der Waals surface area contributed by atoms with Crippen LogP contribution in [0.2, 0.25) is 0 Å². The number of nitrogens with two attached hydrogens (primary N) is 1. The van der Waals surface area contributed by atoms with Crippen LogP contribution in [-0.4, -0.2) is 11.3 Å². The molecule has 1 aromatic rings. The fourth-order valence-electron chi connectivity index (χ4n) is 3.85. The molecule has 19 heavy (non-hydrogen) atoms. The van der Waals surface area contributed by atoms with Gasteiger partial charge in [0.2, 0.25) is 0 Å². The van der Waals surface area contributed by atoms with Crippen LogP contribution < -0.4 is 5.73 Å². The van der Waals surface area contributed by atoms with Crippen molar-refractivity contribution in [1.29, 1.82) is 0 Å². The molecule has 0 aromatic heterocycles. The van der Waals surface area contributed by atoms with E-state index in [1.807, 2.05) is 11.8 Å². The maximum absolute atomic E-state index is 6.11. The van der Waals surface area contributed by atoms with Crippen molar-refractivity contribution in [3.8, 4) is 0 Å². The van der Waals surface area contributed by atoms with Crippen molar-refractivity contribution in [1.82, 2.24) is 0 Å². The van der Waals surface area contributed by atoms with Crippen LogP contribution in [0.4, 0.5) is 0 Å². The van der Waals surface area contributed by atoms with Crippen LogP contribution in [-0.2, 0) is 0 Å². The van der Waals surface area contributed by atoms with Gasteiger partial charge in [-0.1, -0.05) is 44.9 Å². The maximum atomic E-state index is 6.11. The summed E-state index contributed by atoms with van der Waals surface area (Å²) in [6.07, 6.45) is 7.96. The predicted octanol–water partition coefficient (Wildman–Crippen LogP) is 4.86. The Kier molecular flexibility index (Phi) is 4.97. The van der Waals surface area contributed by atoms with Gasteiger partial charge in [0.25, 0.3) is 0 Å². The molecule has 2 rings (SSSR count). The molecular formula is C17H27NS. The third-order valence-electron chi connectivity index (χ3n) is 4.40. The van der Waals surface area contributed by atoms with Gasteiger partial charge in [0.15, 0.2) is 0 Å². The van der Waals surface area contributed by atoms with Crippen LogP contribution in [0.5, 0.6) is 0 Å². The van der Waals surface area contributed by atoms with Gasteiger partial charge in [-0.2, -0.15) is 0 Å². The summed E-state index contributed by atoms with van der Waals surface area (Å²) in [5.41, 5.74) is 6.70. The summed E-state index contributed by atoms with van der Waals surface area (Å²) >= 11 is 2.01. The summed E-state index contributed by atoms with van der Waals surface area (Å²) in [5.74, 6) is 0. The molecule has 2 heteroatoms. The van der Waals surface area contributed by atoms with Crippen molar-refractivity contribution in [3.63, 3.8) is 0 Å². The second kappa shape index (κ2) is 6.32. The van der Waals surface area contributed by atoms with Crippen LogP contribution in [0.3, 0.4) is 0 Å². The number of rotatable bonds is 7. The molecule has 0 bridgehead atoms. The van der Waals surface area contributed by atoms with E-state index < -0.39 is 0 Å². The fourth-order valence-corrected chi connectivity index (χ4v) is 5.48. The van der Waals surface area contributed by atoms with Crippen molar-refractivity contribution >= 4 is 11.8 Å². The molecule has 1 aliphatic rings. The molecule has 0 saturated heterocycles. The molecule has 1 saturated carbocycles. The summed E-state index contributed by atoms with van der Waals surface area (Å²) < 4.78 is 0.297. The second-order valence-corrected chi connectivity index (χ2v) is 7.70. The van der Waals surface area contributed by atoms with Gasteiger partial charge >= 0.3 is 0 Å². The standard InChI is InChI=1S/C17H27NS/c1-3-10-16(11-4-2)12-17(13-16,14-18)19-15-8-6-5-7-9-15/h5-9H,3-4,10-14,18H2,1-2H3. The Labute approximate surface area is 122 Å².